The second kappa shape index (κ2) is 6.01. The molecule has 1 heterocycles. The van der Waals surface area contributed by atoms with Gasteiger partial charge in [0.15, 0.2) is 0 Å². The minimum Gasteiger partial charge on any atom is -0.347 e. The number of imidazole rings is 1. The van der Waals surface area contributed by atoms with Gasteiger partial charge in [0.1, 0.15) is 0 Å². The van der Waals surface area contributed by atoms with Crippen LogP contribution in [0, 0.1) is 0 Å². The summed E-state index contributed by atoms with van der Waals surface area (Å²) >= 11 is 0. The molecule has 0 aromatic carbocycles. The highest BCUT2D eigenvalue weighted by molar-refractivity contribution is 4.93. The molecular formula is C12H22N4. The van der Waals surface area contributed by atoms with Crippen molar-refractivity contribution < 1.29 is 0 Å². The van der Waals surface area contributed by atoms with Gasteiger partial charge in [0.2, 0.25) is 0 Å². The minimum absolute atomic E-state index is 0.828. The molecule has 0 unspecified atom stereocenters. The first-order valence-corrected chi connectivity index (χ1v) is 6.24. The summed E-state index contributed by atoms with van der Waals surface area (Å²) in [5, 5.41) is 3.43. The number of aromatic amines is 1. The van der Waals surface area contributed by atoms with Crippen LogP contribution in [-0.2, 0) is 6.54 Å². The number of hydrogen-bond acceptors (Lipinski definition) is 3. The maximum absolute atomic E-state index is 3.99. The smallest absolute Gasteiger partial charge is 0.0922 e. The molecule has 1 aliphatic carbocycles. The lowest BCUT2D eigenvalue weighted by molar-refractivity contribution is 0.245. The minimum atomic E-state index is 0.828. The number of nitrogens with zero attached hydrogens (tertiary/aromatic N) is 2. The summed E-state index contributed by atoms with van der Waals surface area (Å²) in [4.78, 5) is 9.58. The van der Waals surface area contributed by atoms with Crippen LogP contribution < -0.4 is 5.32 Å². The van der Waals surface area contributed by atoms with Crippen molar-refractivity contribution in [3.63, 3.8) is 0 Å². The Labute approximate surface area is 97.4 Å². The van der Waals surface area contributed by atoms with E-state index in [4.69, 9.17) is 0 Å². The molecule has 0 bridgehead atoms. The topological polar surface area (TPSA) is 44.0 Å². The second-order valence-electron chi connectivity index (χ2n) is 4.67. The highest BCUT2D eigenvalue weighted by Crippen LogP contribution is 2.21. The molecule has 0 spiro atoms. The third-order valence-electron chi connectivity index (χ3n) is 3.46. The highest BCUT2D eigenvalue weighted by atomic mass is 15.1. The van der Waals surface area contributed by atoms with Gasteiger partial charge in [-0.25, -0.2) is 4.98 Å². The Hall–Kier alpha value is -0.870. The Bertz CT molecular complexity index is 277. The monoisotopic (exact) mass is 222 g/mol. The SMILES string of the molecule is CN(CCNCc1cnc[nH]1)C1CCCC1. The van der Waals surface area contributed by atoms with E-state index in [1.165, 1.54) is 25.7 Å². The lowest BCUT2D eigenvalue weighted by atomic mass is 10.2. The van der Waals surface area contributed by atoms with E-state index >= 15 is 0 Å². The Kier molecular flexibility index (Phi) is 4.36. The van der Waals surface area contributed by atoms with Gasteiger partial charge in [-0.05, 0) is 19.9 Å². The summed E-state index contributed by atoms with van der Waals surface area (Å²) in [5.74, 6) is 0. The van der Waals surface area contributed by atoms with Crippen molar-refractivity contribution in [2.45, 2.75) is 38.3 Å². The molecule has 16 heavy (non-hydrogen) atoms. The fraction of sp³-hybridized carbons (Fsp3) is 0.750. The number of rotatable bonds is 6. The van der Waals surface area contributed by atoms with E-state index in [1.54, 1.807) is 6.33 Å². The quantitative estimate of drug-likeness (QED) is 0.715. The molecule has 90 valence electrons. The van der Waals surface area contributed by atoms with Gasteiger partial charge in [0.05, 0.1) is 6.33 Å². The van der Waals surface area contributed by atoms with Gasteiger partial charge in [-0.2, -0.15) is 0 Å². The van der Waals surface area contributed by atoms with Crippen molar-refractivity contribution in [2.24, 2.45) is 0 Å². The third kappa shape index (κ3) is 3.32. The van der Waals surface area contributed by atoms with E-state index in [0.717, 1.165) is 31.4 Å². The summed E-state index contributed by atoms with van der Waals surface area (Å²) in [6.45, 7) is 3.07. The zero-order chi connectivity index (χ0) is 11.2. The van der Waals surface area contributed by atoms with Crippen LogP contribution in [0.1, 0.15) is 31.4 Å². The number of likely N-dealkylation sites (N-methyl/N-ethyl adjacent to an activating group) is 1. The van der Waals surface area contributed by atoms with Crippen LogP contribution in [0.25, 0.3) is 0 Å². The van der Waals surface area contributed by atoms with Gasteiger partial charge < -0.3 is 15.2 Å². The molecular weight excluding hydrogens is 200 g/mol. The van der Waals surface area contributed by atoms with Gasteiger partial charge >= 0.3 is 0 Å². The van der Waals surface area contributed by atoms with Crippen LogP contribution in [-0.4, -0.2) is 41.0 Å². The summed E-state index contributed by atoms with van der Waals surface area (Å²) in [5.41, 5.74) is 1.16. The first-order chi connectivity index (χ1) is 7.86. The van der Waals surface area contributed by atoms with Crippen molar-refractivity contribution in [1.29, 1.82) is 0 Å². The Morgan fingerprint density at radius 1 is 1.50 bits per heavy atom. The van der Waals surface area contributed by atoms with Gasteiger partial charge in [-0.3, -0.25) is 0 Å². The average molecular weight is 222 g/mol. The summed E-state index contributed by atoms with van der Waals surface area (Å²) < 4.78 is 0. The predicted octanol–water partition coefficient (Wildman–Crippen LogP) is 1.37. The molecule has 4 heteroatoms. The fourth-order valence-electron chi connectivity index (χ4n) is 2.39. The number of aromatic nitrogens is 2. The average Bonchev–Trinajstić information content (AvgIpc) is 2.96. The van der Waals surface area contributed by atoms with Crippen LogP contribution in [0.4, 0.5) is 0 Å². The third-order valence-corrected chi connectivity index (χ3v) is 3.46. The lowest BCUT2D eigenvalue weighted by Crippen LogP contribution is -2.35. The molecule has 1 aliphatic rings. The first kappa shape index (κ1) is 11.6. The van der Waals surface area contributed by atoms with Crippen LogP contribution in [0.3, 0.4) is 0 Å². The Balaban J connectivity index is 1.57. The molecule has 2 rings (SSSR count). The van der Waals surface area contributed by atoms with E-state index in [9.17, 15) is 0 Å². The van der Waals surface area contributed by atoms with E-state index in [-0.39, 0.29) is 0 Å². The zero-order valence-electron chi connectivity index (χ0n) is 10.1. The van der Waals surface area contributed by atoms with E-state index in [2.05, 4.69) is 27.2 Å². The van der Waals surface area contributed by atoms with Crippen LogP contribution in [0.15, 0.2) is 12.5 Å². The van der Waals surface area contributed by atoms with Crippen LogP contribution >= 0.6 is 0 Å². The first-order valence-electron chi connectivity index (χ1n) is 6.24. The summed E-state index contributed by atoms with van der Waals surface area (Å²) in [6, 6.07) is 0.828. The Morgan fingerprint density at radius 2 is 2.31 bits per heavy atom. The maximum Gasteiger partial charge on any atom is 0.0922 e. The van der Waals surface area contributed by atoms with Crippen LogP contribution in [0.2, 0.25) is 0 Å². The molecule has 1 aromatic heterocycles. The molecule has 0 amide bonds. The van der Waals surface area contributed by atoms with Crippen molar-refractivity contribution in [3.8, 4) is 0 Å². The van der Waals surface area contributed by atoms with E-state index in [1.807, 2.05) is 6.20 Å². The molecule has 0 atom stereocenters. The molecule has 0 saturated heterocycles. The highest BCUT2D eigenvalue weighted by Gasteiger charge is 2.18. The summed E-state index contributed by atoms with van der Waals surface area (Å²) in [6.07, 6.45) is 9.19. The zero-order valence-corrected chi connectivity index (χ0v) is 10.1. The molecule has 1 aromatic rings. The molecule has 1 fully saturated rings. The largest absolute Gasteiger partial charge is 0.347 e. The normalized spacial score (nSPS) is 17.4. The van der Waals surface area contributed by atoms with Crippen molar-refractivity contribution in [2.75, 3.05) is 20.1 Å². The second-order valence-corrected chi connectivity index (χ2v) is 4.67. The van der Waals surface area contributed by atoms with Gasteiger partial charge in [0.25, 0.3) is 0 Å². The lowest BCUT2D eigenvalue weighted by Gasteiger charge is -2.23. The van der Waals surface area contributed by atoms with Gasteiger partial charge in [-0.1, -0.05) is 12.8 Å². The van der Waals surface area contributed by atoms with Crippen molar-refractivity contribution in [3.05, 3.63) is 18.2 Å². The van der Waals surface area contributed by atoms with Gasteiger partial charge in [-0.15, -0.1) is 0 Å². The van der Waals surface area contributed by atoms with Crippen molar-refractivity contribution >= 4 is 0 Å². The standard InChI is InChI=1S/C12H22N4/c1-16(12-4-2-3-5-12)7-6-13-8-11-9-14-10-15-11/h9-10,12-13H,2-8H2,1H3,(H,14,15). The Morgan fingerprint density at radius 3 is 3.00 bits per heavy atom. The molecule has 4 nitrogen and oxygen atoms in total. The van der Waals surface area contributed by atoms with Gasteiger partial charge in [0, 0.05) is 37.6 Å². The molecule has 1 saturated carbocycles. The van der Waals surface area contributed by atoms with Crippen LogP contribution in [0.5, 0.6) is 0 Å². The molecule has 0 aliphatic heterocycles. The summed E-state index contributed by atoms with van der Waals surface area (Å²) in [7, 11) is 2.24. The molecule has 2 N–H and O–H groups in total. The van der Waals surface area contributed by atoms with E-state index in [0.29, 0.717) is 0 Å². The number of H-pyrrole nitrogens is 1. The fourth-order valence-corrected chi connectivity index (χ4v) is 2.39. The van der Waals surface area contributed by atoms with E-state index < -0.39 is 0 Å². The number of hydrogen-bond donors (Lipinski definition) is 2. The predicted molar refractivity (Wildman–Crippen MR) is 65.2 cm³/mol. The van der Waals surface area contributed by atoms with Crippen molar-refractivity contribution in [1.82, 2.24) is 20.2 Å². The maximum atomic E-state index is 3.99. The molecule has 0 radical (unpaired) electrons. The number of nitrogens with one attached hydrogen (secondary N) is 2.